The highest BCUT2D eigenvalue weighted by atomic mass is 35.5. The zero-order valence-corrected chi connectivity index (χ0v) is 18.2. The molecule has 0 aliphatic rings. The van der Waals surface area contributed by atoms with Crippen LogP contribution in [0.25, 0.3) is 11.4 Å². The highest BCUT2D eigenvalue weighted by Crippen LogP contribution is 2.30. The SMILES string of the molecule is C=CCn1c(SCC(=O)Nc2cccc(Cl)c2Cl)nnc1-c1ccc(OC(F)F)cc1. The second-order valence-corrected chi connectivity index (χ2v) is 7.77. The lowest BCUT2D eigenvalue weighted by Gasteiger charge is -2.10. The second-order valence-electron chi connectivity index (χ2n) is 6.05. The summed E-state index contributed by atoms with van der Waals surface area (Å²) in [6.07, 6.45) is 1.66. The molecule has 0 radical (unpaired) electrons. The number of thioether (sulfide) groups is 1. The summed E-state index contributed by atoms with van der Waals surface area (Å²) in [4.78, 5) is 12.3. The molecule has 0 fully saturated rings. The fourth-order valence-corrected chi connectivity index (χ4v) is 3.70. The van der Waals surface area contributed by atoms with Crippen LogP contribution in [-0.2, 0) is 11.3 Å². The predicted octanol–water partition coefficient (Wildman–Crippen LogP) is 5.77. The van der Waals surface area contributed by atoms with Crippen LogP contribution in [0.4, 0.5) is 14.5 Å². The lowest BCUT2D eigenvalue weighted by atomic mass is 10.2. The summed E-state index contributed by atoms with van der Waals surface area (Å²) in [6.45, 7) is 1.23. The molecule has 1 aromatic heterocycles. The Balaban J connectivity index is 1.72. The van der Waals surface area contributed by atoms with E-state index in [2.05, 4.69) is 26.8 Å². The number of amides is 1. The molecule has 3 aromatic rings. The number of allylic oxidation sites excluding steroid dienone is 1. The van der Waals surface area contributed by atoms with Gasteiger partial charge in [0, 0.05) is 12.1 Å². The fourth-order valence-electron chi connectivity index (χ4n) is 2.60. The van der Waals surface area contributed by atoms with Crippen LogP contribution in [0, 0.1) is 0 Å². The lowest BCUT2D eigenvalue weighted by Crippen LogP contribution is -2.15. The number of nitrogens with one attached hydrogen (secondary N) is 1. The topological polar surface area (TPSA) is 69.0 Å². The van der Waals surface area contributed by atoms with Crippen LogP contribution in [0.3, 0.4) is 0 Å². The first-order chi connectivity index (χ1) is 14.9. The molecule has 1 heterocycles. The highest BCUT2D eigenvalue weighted by molar-refractivity contribution is 7.99. The van der Waals surface area contributed by atoms with E-state index in [0.717, 1.165) is 0 Å². The molecule has 0 unspecified atom stereocenters. The van der Waals surface area contributed by atoms with Crippen LogP contribution in [0.5, 0.6) is 5.75 Å². The van der Waals surface area contributed by atoms with Crippen molar-refractivity contribution in [3.63, 3.8) is 0 Å². The third-order valence-corrected chi connectivity index (χ3v) is 5.71. The maximum atomic E-state index is 12.3. The zero-order chi connectivity index (χ0) is 22.4. The van der Waals surface area contributed by atoms with Crippen LogP contribution in [0.15, 0.2) is 60.3 Å². The molecule has 0 aliphatic carbocycles. The number of carbonyl (C=O) groups is 1. The lowest BCUT2D eigenvalue weighted by molar-refractivity contribution is -0.113. The minimum Gasteiger partial charge on any atom is -0.435 e. The molecule has 0 saturated carbocycles. The Morgan fingerprint density at radius 3 is 2.65 bits per heavy atom. The summed E-state index contributed by atoms with van der Waals surface area (Å²) in [6, 6.07) is 11.0. The number of nitrogens with zero attached hydrogens (tertiary/aromatic N) is 3. The second kappa shape index (κ2) is 10.6. The van der Waals surface area contributed by atoms with Crippen LogP contribution in [-0.4, -0.2) is 33.0 Å². The number of benzene rings is 2. The molecule has 0 bridgehead atoms. The number of carbonyl (C=O) groups excluding carboxylic acids is 1. The van der Waals surface area contributed by atoms with Crippen molar-refractivity contribution in [3.8, 4) is 17.1 Å². The van der Waals surface area contributed by atoms with Gasteiger partial charge in [0.15, 0.2) is 11.0 Å². The quantitative estimate of drug-likeness (QED) is 0.308. The highest BCUT2D eigenvalue weighted by Gasteiger charge is 2.16. The van der Waals surface area contributed by atoms with E-state index < -0.39 is 6.61 Å². The fraction of sp³-hybridized carbons (Fsp3) is 0.150. The molecule has 0 saturated heterocycles. The normalized spacial score (nSPS) is 10.9. The maximum absolute atomic E-state index is 12.3. The minimum atomic E-state index is -2.90. The van der Waals surface area contributed by atoms with Crippen molar-refractivity contribution >= 4 is 46.6 Å². The van der Waals surface area contributed by atoms with E-state index in [0.29, 0.717) is 33.8 Å². The van der Waals surface area contributed by atoms with Crippen molar-refractivity contribution in [1.29, 1.82) is 0 Å². The van der Waals surface area contributed by atoms with Gasteiger partial charge in [0.2, 0.25) is 5.91 Å². The van der Waals surface area contributed by atoms with Gasteiger partial charge in [0.05, 0.1) is 21.5 Å². The Hall–Kier alpha value is -2.62. The van der Waals surface area contributed by atoms with Gasteiger partial charge >= 0.3 is 6.61 Å². The van der Waals surface area contributed by atoms with Crippen molar-refractivity contribution < 1.29 is 18.3 Å². The van der Waals surface area contributed by atoms with Gasteiger partial charge in [-0.25, -0.2) is 0 Å². The maximum Gasteiger partial charge on any atom is 0.387 e. The molecular weight excluding hydrogens is 469 g/mol. The number of hydrogen-bond acceptors (Lipinski definition) is 5. The van der Waals surface area contributed by atoms with Crippen molar-refractivity contribution in [2.45, 2.75) is 18.3 Å². The summed E-state index contributed by atoms with van der Waals surface area (Å²) in [5.41, 5.74) is 1.07. The number of hydrogen-bond donors (Lipinski definition) is 1. The predicted molar refractivity (Wildman–Crippen MR) is 118 cm³/mol. The third-order valence-electron chi connectivity index (χ3n) is 3.92. The van der Waals surface area contributed by atoms with Gasteiger partial charge in [0.25, 0.3) is 0 Å². The van der Waals surface area contributed by atoms with Gasteiger partial charge in [-0.1, -0.05) is 47.1 Å². The molecule has 1 amide bonds. The molecule has 1 N–H and O–H groups in total. The van der Waals surface area contributed by atoms with E-state index in [1.54, 1.807) is 41.0 Å². The smallest absolute Gasteiger partial charge is 0.387 e. The standard InChI is InChI=1S/C20H16Cl2F2N4O2S/c1-2-10-28-18(12-6-8-13(9-7-12)30-19(23)24)26-27-20(28)31-11-16(29)25-15-5-3-4-14(21)17(15)22/h2-9,19H,1,10-11H2,(H,25,29). The number of ether oxygens (including phenoxy) is 1. The molecule has 11 heteroatoms. The summed E-state index contributed by atoms with van der Waals surface area (Å²) < 4.78 is 30.8. The summed E-state index contributed by atoms with van der Waals surface area (Å²) in [5, 5.41) is 12.1. The average molecular weight is 485 g/mol. The monoisotopic (exact) mass is 484 g/mol. The van der Waals surface area contributed by atoms with E-state index in [1.165, 1.54) is 23.9 Å². The molecule has 162 valence electrons. The summed E-state index contributed by atoms with van der Waals surface area (Å²) in [5.74, 6) is 0.306. The van der Waals surface area contributed by atoms with Crippen LogP contribution >= 0.6 is 35.0 Å². The van der Waals surface area contributed by atoms with Gasteiger partial charge in [-0.15, -0.1) is 16.8 Å². The Morgan fingerprint density at radius 2 is 1.97 bits per heavy atom. The van der Waals surface area contributed by atoms with Gasteiger partial charge in [0.1, 0.15) is 5.75 Å². The average Bonchev–Trinajstić information content (AvgIpc) is 3.13. The molecule has 0 atom stereocenters. The summed E-state index contributed by atoms with van der Waals surface area (Å²) >= 11 is 13.2. The van der Waals surface area contributed by atoms with Gasteiger partial charge in [-0.05, 0) is 36.4 Å². The Bertz CT molecular complexity index is 1080. The number of anilines is 1. The summed E-state index contributed by atoms with van der Waals surface area (Å²) in [7, 11) is 0. The Kier molecular flexibility index (Phi) is 7.89. The molecule has 0 spiro atoms. The van der Waals surface area contributed by atoms with E-state index >= 15 is 0 Å². The minimum absolute atomic E-state index is 0.0412. The number of rotatable bonds is 9. The van der Waals surface area contributed by atoms with E-state index in [4.69, 9.17) is 23.2 Å². The molecular formula is C20H16Cl2F2N4O2S. The number of alkyl halides is 2. The Labute approximate surface area is 191 Å². The molecule has 3 rings (SSSR count). The molecule has 0 aliphatic heterocycles. The zero-order valence-electron chi connectivity index (χ0n) is 15.9. The first-order valence-electron chi connectivity index (χ1n) is 8.85. The third kappa shape index (κ3) is 5.96. The van der Waals surface area contributed by atoms with E-state index in [1.807, 2.05) is 0 Å². The number of aromatic nitrogens is 3. The van der Waals surface area contributed by atoms with Crippen molar-refractivity contribution in [3.05, 3.63) is 65.2 Å². The van der Waals surface area contributed by atoms with Crippen LogP contribution in [0.2, 0.25) is 10.0 Å². The molecule has 2 aromatic carbocycles. The van der Waals surface area contributed by atoms with Gasteiger partial charge < -0.3 is 10.1 Å². The largest absolute Gasteiger partial charge is 0.435 e. The molecule has 31 heavy (non-hydrogen) atoms. The van der Waals surface area contributed by atoms with Gasteiger partial charge in [-0.3, -0.25) is 9.36 Å². The first-order valence-corrected chi connectivity index (χ1v) is 10.6. The number of halogens is 4. The molecule has 6 nitrogen and oxygen atoms in total. The van der Waals surface area contributed by atoms with Crippen molar-refractivity contribution in [1.82, 2.24) is 14.8 Å². The van der Waals surface area contributed by atoms with Crippen molar-refractivity contribution in [2.75, 3.05) is 11.1 Å². The van der Waals surface area contributed by atoms with Gasteiger partial charge in [-0.2, -0.15) is 8.78 Å². The van der Waals surface area contributed by atoms with E-state index in [9.17, 15) is 13.6 Å². The van der Waals surface area contributed by atoms with E-state index in [-0.39, 0.29) is 22.4 Å². The first kappa shape index (κ1) is 23.1. The van der Waals surface area contributed by atoms with Crippen LogP contribution < -0.4 is 10.1 Å². The van der Waals surface area contributed by atoms with Crippen molar-refractivity contribution in [2.24, 2.45) is 0 Å². The Morgan fingerprint density at radius 1 is 1.23 bits per heavy atom. The van der Waals surface area contributed by atoms with Crippen LogP contribution in [0.1, 0.15) is 0 Å².